The number of sulfonamides is 1. The first-order chi connectivity index (χ1) is 8.94. The fraction of sp³-hybridized carbons (Fsp3) is 0.538. The van der Waals surface area contributed by atoms with Crippen LogP contribution in [0, 0.1) is 18.7 Å². The lowest BCUT2D eigenvalue weighted by atomic mass is 10.1. The van der Waals surface area contributed by atoms with Gasteiger partial charge in [0.15, 0.2) is 0 Å². The molecule has 2 N–H and O–H groups in total. The van der Waals surface area contributed by atoms with Crippen LogP contribution >= 0.6 is 0 Å². The molecule has 0 aromatic heterocycles. The Morgan fingerprint density at radius 3 is 2.74 bits per heavy atom. The summed E-state index contributed by atoms with van der Waals surface area (Å²) in [6.07, 6.45) is 2.32. The smallest absolute Gasteiger partial charge is 0.241 e. The van der Waals surface area contributed by atoms with Gasteiger partial charge in [0.25, 0.3) is 0 Å². The van der Waals surface area contributed by atoms with E-state index in [4.69, 9.17) is 5.11 Å². The second-order valence-corrected chi connectivity index (χ2v) is 6.67. The normalized spacial score (nSPS) is 17.4. The first-order valence-corrected chi connectivity index (χ1v) is 7.81. The quantitative estimate of drug-likeness (QED) is 0.834. The van der Waals surface area contributed by atoms with Gasteiger partial charge in [-0.05, 0) is 49.8 Å². The van der Waals surface area contributed by atoms with E-state index in [9.17, 15) is 12.8 Å². The highest BCUT2D eigenvalue weighted by Gasteiger charge is 2.34. The van der Waals surface area contributed by atoms with Crippen LogP contribution in [0.25, 0.3) is 0 Å². The van der Waals surface area contributed by atoms with E-state index in [0.717, 1.165) is 18.9 Å². The minimum absolute atomic E-state index is 0.0314. The summed E-state index contributed by atoms with van der Waals surface area (Å²) >= 11 is 0. The highest BCUT2D eigenvalue weighted by Crippen LogP contribution is 2.34. The Morgan fingerprint density at radius 1 is 1.47 bits per heavy atom. The van der Waals surface area contributed by atoms with Crippen LogP contribution in [0.4, 0.5) is 4.39 Å². The van der Waals surface area contributed by atoms with Gasteiger partial charge in [-0.15, -0.1) is 0 Å². The summed E-state index contributed by atoms with van der Waals surface area (Å²) in [5, 5.41) is 8.98. The summed E-state index contributed by atoms with van der Waals surface area (Å²) in [4.78, 5) is -0.0314. The first-order valence-electron chi connectivity index (χ1n) is 6.33. The number of rotatable bonds is 6. The molecule has 0 bridgehead atoms. The summed E-state index contributed by atoms with van der Waals surface area (Å²) in [6, 6.07) is 3.45. The number of aryl methyl sites for hydroxylation is 1. The van der Waals surface area contributed by atoms with Crippen molar-refractivity contribution >= 4 is 10.0 Å². The first kappa shape index (κ1) is 14.4. The summed E-state index contributed by atoms with van der Waals surface area (Å²) in [5.41, 5.74) is 0.507. The van der Waals surface area contributed by atoms with Crippen molar-refractivity contribution in [2.24, 2.45) is 5.92 Å². The van der Waals surface area contributed by atoms with E-state index >= 15 is 0 Å². The molecule has 0 spiro atoms. The SMILES string of the molecule is Cc1ccc(F)cc1S(=O)(=O)NC(CCO)C1CC1. The van der Waals surface area contributed by atoms with Crippen molar-refractivity contribution < 1.29 is 17.9 Å². The van der Waals surface area contributed by atoms with E-state index in [2.05, 4.69) is 4.72 Å². The van der Waals surface area contributed by atoms with Gasteiger partial charge in [-0.2, -0.15) is 0 Å². The number of halogens is 1. The van der Waals surface area contributed by atoms with Crippen LogP contribution in [-0.2, 0) is 10.0 Å². The van der Waals surface area contributed by atoms with Crippen LogP contribution in [0.3, 0.4) is 0 Å². The number of nitrogens with one attached hydrogen (secondary N) is 1. The van der Waals surface area contributed by atoms with Crippen molar-refractivity contribution in [2.45, 2.75) is 37.1 Å². The molecular weight excluding hydrogens is 269 g/mol. The maximum Gasteiger partial charge on any atom is 0.241 e. The zero-order valence-electron chi connectivity index (χ0n) is 10.8. The Labute approximate surface area is 112 Å². The van der Waals surface area contributed by atoms with Gasteiger partial charge in [-0.1, -0.05) is 6.07 Å². The molecular formula is C13H18FNO3S. The van der Waals surface area contributed by atoms with Gasteiger partial charge in [0.1, 0.15) is 5.82 Å². The number of aliphatic hydroxyl groups is 1. The van der Waals surface area contributed by atoms with Gasteiger partial charge in [0.05, 0.1) is 4.90 Å². The lowest BCUT2D eigenvalue weighted by molar-refractivity contribution is 0.265. The second kappa shape index (κ2) is 5.56. The average Bonchev–Trinajstić information content (AvgIpc) is 3.15. The van der Waals surface area contributed by atoms with Crippen LogP contribution in [0.1, 0.15) is 24.8 Å². The monoisotopic (exact) mass is 287 g/mol. The third-order valence-corrected chi connectivity index (χ3v) is 5.01. The molecule has 19 heavy (non-hydrogen) atoms. The van der Waals surface area contributed by atoms with Gasteiger partial charge >= 0.3 is 0 Å². The summed E-state index contributed by atoms with van der Waals surface area (Å²) in [6.45, 7) is 1.57. The van der Waals surface area contributed by atoms with Crippen molar-refractivity contribution in [1.29, 1.82) is 0 Å². The molecule has 6 heteroatoms. The molecule has 1 fully saturated rings. The lowest BCUT2D eigenvalue weighted by Gasteiger charge is -2.18. The topological polar surface area (TPSA) is 66.4 Å². The molecule has 1 unspecified atom stereocenters. The molecule has 0 saturated heterocycles. The minimum Gasteiger partial charge on any atom is -0.396 e. The second-order valence-electron chi connectivity index (χ2n) is 4.99. The number of aliphatic hydroxyl groups excluding tert-OH is 1. The van der Waals surface area contributed by atoms with Gasteiger partial charge in [0.2, 0.25) is 10.0 Å². The van der Waals surface area contributed by atoms with Crippen molar-refractivity contribution in [3.05, 3.63) is 29.6 Å². The van der Waals surface area contributed by atoms with E-state index in [1.54, 1.807) is 6.92 Å². The number of hydrogen-bond donors (Lipinski definition) is 2. The molecule has 1 aliphatic rings. The van der Waals surface area contributed by atoms with Gasteiger partial charge in [0, 0.05) is 12.6 Å². The molecule has 106 valence electrons. The fourth-order valence-corrected chi connectivity index (χ4v) is 3.75. The van der Waals surface area contributed by atoms with Gasteiger partial charge < -0.3 is 5.11 Å². The fourth-order valence-electron chi connectivity index (χ4n) is 2.15. The molecule has 0 heterocycles. The zero-order chi connectivity index (χ0) is 14.0. The number of hydrogen-bond acceptors (Lipinski definition) is 3. The standard InChI is InChI=1S/C13H18FNO3S/c1-9-2-5-11(14)8-13(9)19(17,18)15-12(6-7-16)10-3-4-10/h2,5,8,10,12,15-16H,3-4,6-7H2,1H3. The molecule has 2 rings (SSSR count). The van der Waals surface area contributed by atoms with Crippen molar-refractivity contribution in [3.63, 3.8) is 0 Å². The van der Waals surface area contributed by atoms with E-state index in [0.29, 0.717) is 12.0 Å². The van der Waals surface area contributed by atoms with Crippen molar-refractivity contribution in [2.75, 3.05) is 6.61 Å². The maximum absolute atomic E-state index is 13.2. The van der Waals surface area contributed by atoms with E-state index < -0.39 is 15.8 Å². The van der Waals surface area contributed by atoms with Crippen LogP contribution in [-0.4, -0.2) is 26.2 Å². The Morgan fingerprint density at radius 2 is 2.16 bits per heavy atom. The Bertz CT molecular complexity index is 555. The minimum atomic E-state index is -3.74. The maximum atomic E-state index is 13.2. The van der Waals surface area contributed by atoms with Gasteiger partial charge in [-0.3, -0.25) is 0 Å². The number of benzene rings is 1. The highest BCUT2D eigenvalue weighted by atomic mass is 32.2. The average molecular weight is 287 g/mol. The molecule has 0 amide bonds. The largest absolute Gasteiger partial charge is 0.396 e. The predicted octanol–water partition coefficient (Wildman–Crippen LogP) is 1.57. The molecule has 0 radical (unpaired) electrons. The lowest BCUT2D eigenvalue weighted by Crippen LogP contribution is -2.37. The van der Waals surface area contributed by atoms with Gasteiger partial charge in [-0.25, -0.2) is 17.5 Å². The van der Waals surface area contributed by atoms with Crippen LogP contribution in [0.2, 0.25) is 0 Å². The molecule has 1 saturated carbocycles. The molecule has 0 aliphatic heterocycles. The molecule has 1 aliphatic carbocycles. The third kappa shape index (κ3) is 3.52. The Balaban J connectivity index is 2.23. The van der Waals surface area contributed by atoms with Crippen LogP contribution < -0.4 is 4.72 Å². The van der Waals surface area contributed by atoms with E-state index in [1.165, 1.54) is 12.1 Å². The molecule has 1 atom stereocenters. The summed E-state index contributed by atoms with van der Waals surface area (Å²) < 4.78 is 40.3. The summed E-state index contributed by atoms with van der Waals surface area (Å²) in [7, 11) is -3.74. The van der Waals surface area contributed by atoms with Crippen molar-refractivity contribution in [1.82, 2.24) is 4.72 Å². The molecule has 4 nitrogen and oxygen atoms in total. The van der Waals surface area contributed by atoms with E-state index in [-0.39, 0.29) is 23.5 Å². The molecule has 1 aromatic carbocycles. The Hall–Kier alpha value is -0.980. The molecule has 1 aromatic rings. The Kier molecular flexibility index (Phi) is 4.23. The van der Waals surface area contributed by atoms with Crippen molar-refractivity contribution in [3.8, 4) is 0 Å². The van der Waals surface area contributed by atoms with Crippen LogP contribution in [0.15, 0.2) is 23.1 Å². The summed E-state index contributed by atoms with van der Waals surface area (Å²) in [5.74, 6) is -0.285. The zero-order valence-corrected chi connectivity index (χ0v) is 11.6. The third-order valence-electron chi connectivity index (χ3n) is 3.38. The predicted molar refractivity (Wildman–Crippen MR) is 69.7 cm³/mol. The van der Waals surface area contributed by atoms with Crippen LogP contribution in [0.5, 0.6) is 0 Å². The van der Waals surface area contributed by atoms with E-state index in [1.807, 2.05) is 0 Å². The highest BCUT2D eigenvalue weighted by molar-refractivity contribution is 7.89.